The molecule has 1 aromatic carbocycles. The van der Waals surface area contributed by atoms with E-state index in [1.165, 1.54) is 6.07 Å². The Balaban J connectivity index is 1.75. The van der Waals surface area contributed by atoms with E-state index in [0.717, 1.165) is 17.0 Å². The fourth-order valence-electron chi connectivity index (χ4n) is 5.13. The number of ether oxygens (including phenoxy) is 2. The smallest absolute Gasteiger partial charge is 0.368 e. The van der Waals surface area contributed by atoms with E-state index in [2.05, 4.69) is 0 Å². The zero-order chi connectivity index (χ0) is 22.1. The van der Waals surface area contributed by atoms with Crippen molar-refractivity contribution in [1.82, 2.24) is 0 Å². The number of fused-ring (bicyclic) bond motifs is 5. The van der Waals surface area contributed by atoms with Gasteiger partial charge in [0.1, 0.15) is 18.5 Å². The largest absolute Gasteiger partial charge is 0.417 e. The first-order valence-corrected chi connectivity index (χ1v) is 9.22. The molecule has 2 amide bonds. The second-order valence-corrected chi connectivity index (χ2v) is 8.10. The van der Waals surface area contributed by atoms with Crippen molar-refractivity contribution in [2.45, 2.75) is 43.8 Å². The van der Waals surface area contributed by atoms with Crippen molar-refractivity contribution >= 4 is 23.8 Å². The molecule has 0 saturated carbocycles. The molecule has 10 heteroatoms. The number of aldehydes is 1. The average molecular weight is 422 g/mol. The zero-order valence-corrected chi connectivity index (χ0v) is 16.0. The average Bonchev–Trinajstić information content (AvgIpc) is 3.19. The molecule has 158 valence electrons. The number of carbonyl (C=O) groups is 3. The van der Waals surface area contributed by atoms with Gasteiger partial charge in [0.15, 0.2) is 0 Å². The van der Waals surface area contributed by atoms with Crippen LogP contribution in [0.5, 0.6) is 0 Å². The summed E-state index contributed by atoms with van der Waals surface area (Å²) in [4.78, 5) is 37.8. The van der Waals surface area contributed by atoms with Crippen LogP contribution in [-0.4, -0.2) is 42.0 Å². The van der Waals surface area contributed by atoms with E-state index >= 15 is 0 Å². The monoisotopic (exact) mass is 422 g/mol. The molecule has 0 radical (unpaired) electrons. The number of carbonyl (C=O) groups excluding carboxylic acids is 3. The van der Waals surface area contributed by atoms with Crippen LogP contribution in [0.3, 0.4) is 0 Å². The molecular weight excluding hydrogens is 405 g/mol. The highest BCUT2D eigenvalue weighted by Gasteiger charge is 2.76. The first-order valence-electron chi connectivity index (χ1n) is 9.22. The summed E-state index contributed by atoms with van der Waals surface area (Å²) in [7, 11) is 0. The molecule has 0 aromatic heterocycles. The van der Waals surface area contributed by atoms with Crippen molar-refractivity contribution in [3.05, 3.63) is 29.3 Å². The Labute approximate surface area is 169 Å². The van der Waals surface area contributed by atoms with Gasteiger partial charge in [-0.15, -0.1) is 0 Å². The van der Waals surface area contributed by atoms with Crippen molar-refractivity contribution in [2.24, 2.45) is 11.8 Å². The minimum absolute atomic E-state index is 0.201. The second-order valence-electron chi connectivity index (χ2n) is 8.10. The Morgan fingerprint density at radius 3 is 2.57 bits per heavy atom. The van der Waals surface area contributed by atoms with E-state index < -0.39 is 58.3 Å². The lowest BCUT2D eigenvalue weighted by molar-refractivity contribution is -0.139. The molecule has 30 heavy (non-hydrogen) atoms. The van der Waals surface area contributed by atoms with Gasteiger partial charge in [0.25, 0.3) is 0 Å². The van der Waals surface area contributed by atoms with E-state index in [-0.39, 0.29) is 18.7 Å². The fourth-order valence-corrected chi connectivity index (χ4v) is 5.13. The molecule has 3 aliphatic heterocycles. The first kappa shape index (κ1) is 20.5. The van der Waals surface area contributed by atoms with Gasteiger partial charge < -0.3 is 14.3 Å². The van der Waals surface area contributed by atoms with Crippen molar-refractivity contribution in [3.8, 4) is 6.07 Å². The van der Waals surface area contributed by atoms with Crippen molar-refractivity contribution < 1.29 is 37.0 Å². The predicted octanol–water partition coefficient (Wildman–Crippen LogP) is 2.22. The van der Waals surface area contributed by atoms with Gasteiger partial charge in [-0.25, -0.2) is 4.90 Å². The Kier molecular flexibility index (Phi) is 4.35. The predicted molar refractivity (Wildman–Crippen MR) is 93.9 cm³/mol. The van der Waals surface area contributed by atoms with Crippen molar-refractivity contribution in [2.75, 3.05) is 11.5 Å². The number of amides is 2. The number of alkyl halides is 3. The van der Waals surface area contributed by atoms with Crippen LogP contribution in [-0.2, 0) is 30.0 Å². The van der Waals surface area contributed by atoms with Gasteiger partial charge in [-0.05, 0) is 32.0 Å². The van der Waals surface area contributed by atoms with E-state index in [9.17, 15) is 27.6 Å². The van der Waals surface area contributed by atoms with Gasteiger partial charge in [0, 0.05) is 6.42 Å². The highest BCUT2D eigenvalue weighted by Crippen LogP contribution is 2.61. The van der Waals surface area contributed by atoms with Gasteiger partial charge in [0.2, 0.25) is 11.8 Å². The standard InChI is InChI=1S/C20H17F3N2O5/c1-18-8-13(29-6-5-26)19(2,30-18)15-14(18)16(27)25(17(15)28)11-4-3-10(9-24)12(7-11)20(21,22)23/h3-5,7,13-15H,6,8H2,1-2H3/t13-,14+,15-,18?,19?/m0/s1. The van der Waals surface area contributed by atoms with Crippen LogP contribution < -0.4 is 4.90 Å². The van der Waals surface area contributed by atoms with Crippen molar-refractivity contribution in [1.29, 1.82) is 5.26 Å². The molecule has 4 rings (SSSR count). The highest BCUT2D eigenvalue weighted by molar-refractivity contribution is 6.23. The molecule has 5 atom stereocenters. The van der Waals surface area contributed by atoms with Crippen LogP contribution in [0.4, 0.5) is 18.9 Å². The first-order chi connectivity index (χ1) is 14.0. The summed E-state index contributed by atoms with van der Waals surface area (Å²) >= 11 is 0. The van der Waals surface area contributed by atoms with Gasteiger partial charge in [-0.1, -0.05) is 0 Å². The lowest BCUT2D eigenvalue weighted by Gasteiger charge is -2.34. The highest BCUT2D eigenvalue weighted by atomic mass is 19.4. The lowest BCUT2D eigenvalue weighted by atomic mass is 9.67. The van der Waals surface area contributed by atoms with Gasteiger partial charge in [-0.2, -0.15) is 18.4 Å². The maximum Gasteiger partial charge on any atom is 0.417 e. The van der Waals surface area contributed by atoms with Gasteiger partial charge in [0.05, 0.1) is 46.4 Å². The SMILES string of the molecule is CC12C[C@H](OCC=O)C(C)(O1)[C@@H]1C(=O)N(c3ccc(C#N)c(C(F)(F)F)c3)C(=O)[C@@H]12. The normalized spacial score (nSPS) is 34.9. The van der Waals surface area contributed by atoms with Crippen LogP contribution in [0, 0.1) is 23.2 Å². The van der Waals surface area contributed by atoms with Crippen LogP contribution >= 0.6 is 0 Å². The third-order valence-electron chi connectivity index (χ3n) is 6.32. The molecular formula is C20H17F3N2O5. The summed E-state index contributed by atoms with van der Waals surface area (Å²) < 4.78 is 51.6. The minimum Gasteiger partial charge on any atom is -0.368 e. The molecule has 0 N–H and O–H groups in total. The molecule has 0 spiro atoms. The molecule has 0 aliphatic carbocycles. The fraction of sp³-hybridized carbons (Fsp3) is 0.500. The Bertz CT molecular complexity index is 1000. The minimum atomic E-state index is -4.82. The Hall–Kier alpha value is -2.77. The number of hydrogen-bond acceptors (Lipinski definition) is 6. The van der Waals surface area contributed by atoms with E-state index in [1.807, 2.05) is 0 Å². The lowest BCUT2D eigenvalue weighted by Crippen LogP contribution is -2.50. The molecule has 3 fully saturated rings. The third kappa shape index (κ3) is 2.62. The topological polar surface area (TPSA) is 96.7 Å². The number of hydrogen-bond donors (Lipinski definition) is 0. The molecule has 7 nitrogen and oxygen atoms in total. The Morgan fingerprint density at radius 2 is 1.97 bits per heavy atom. The summed E-state index contributed by atoms with van der Waals surface area (Å²) in [5.41, 5.74) is -4.31. The third-order valence-corrected chi connectivity index (χ3v) is 6.32. The number of imide groups is 1. The van der Waals surface area contributed by atoms with Crippen LogP contribution in [0.25, 0.3) is 0 Å². The van der Waals surface area contributed by atoms with E-state index in [4.69, 9.17) is 14.7 Å². The molecule has 2 unspecified atom stereocenters. The van der Waals surface area contributed by atoms with Gasteiger partial charge in [-0.3, -0.25) is 9.59 Å². The van der Waals surface area contributed by atoms with Crippen molar-refractivity contribution in [3.63, 3.8) is 0 Å². The number of benzene rings is 1. The molecule has 3 saturated heterocycles. The maximum atomic E-state index is 13.3. The quantitative estimate of drug-likeness (QED) is 0.545. The molecule has 3 heterocycles. The van der Waals surface area contributed by atoms with Crippen LogP contribution in [0.15, 0.2) is 18.2 Å². The van der Waals surface area contributed by atoms with Crippen LogP contribution in [0.1, 0.15) is 31.4 Å². The van der Waals surface area contributed by atoms with E-state index in [1.54, 1.807) is 13.8 Å². The number of anilines is 1. The molecule has 3 aliphatic rings. The zero-order valence-electron chi connectivity index (χ0n) is 16.0. The molecule has 1 aromatic rings. The summed E-state index contributed by atoms with van der Waals surface area (Å²) in [6, 6.07) is 4.21. The van der Waals surface area contributed by atoms with Crippen LogP contribution in [0.2, 0.25) is 0 Å². The number of halogens is 3. The number of rotatable bonds is 4. The summed E-state index contributed by atoms with van der Waals surface area (Å²) in [5, 5.41) is 8.97. The van der Waals surface area contributed by atoms with Gasteiger partial charge >= 0.3 is 6.18 Å². The summed E-state index contributed by atoms with van der Waals surface area (Å²) in [5.74, 6) is -3.17. The second kappa shape index (κ2) is 6.36. The van der Waals surface area contributed by atoms with E-state index in [0.29, 0.717) is 12.4 Å². The summed E-state index contributed by atoms with van der Waals surface area (Å²) in [6.07, 6.45) is -4.60. The molecule has 2 bridgehead atoms. The summed E-state index contributed by atoms with van der Waals surface area (Å²) in [6.45, 7) is 3.08. The number of nitrogens with zero attached hydrogens (tertiary/aromatic N) is 2. The number of nitriles is 1. The Morgan fingerprint density at radius 1 is 1.30 bits per heavy atom. The maximum absolute atomic E-state index is 13.3.